The Morgan fingerprint density at radius 2 is 1.59 bits per heavy atom. The molecule has 1 aromatic rings. The van der Waals surface area contributed by atoms with Crippen molar-refractivity contribution in [3.8, 4) is 0 Å². The molecule has 2 amide bonds. The van der Waals surface area contributed by atoms with Gasteiger partial charge in [-0.25, -0.2) is 13.2 Å². The molecule has 0 aromatic heterocycles. The van der Waals surface area contributed by atoms with Crippen LogP contribution in [0.25, 0.3) is 0 Å². The van der Waals surface area contributed by atoms with Gasteiger partial charge in [0.2, 0.25) is 10.0 Å². The van der Waals surface area contributed by atoms with E-state index < -0.39 is 40.0 Å². The topological polar surface area (TPSA) is 122 Å². The second-order valence-electron chi connectivity index (χ2n) is 8.05. The molecule has 0 saturated heterocycles. The van der Waals surface area contributed by atoms with Crippen molar-refractivity contribution < 1.29 is 27.5 Å². The lowest BCUT2D eigenvalue weighted by atomic mass is 10.0. The third-order valence-electron chi connectivity index (χ3n) is 4.74. The highest BCUT2D eigenvalue weighted by Crippen LogP contribution is 2.17. The average Bonchev–Trinajstić information content (AvgIpc) is 2.71. The van der Waals surface area contributed by atoms with E-state index in [1.807, 2.05) is 0 Å². The van der Waals surface area contributed by atoms with Crippen molar-refractivity contribution in [1.82, 2.24) is 14.9 Å². The van der Waals surface area contributed by atoms with E-state index in [1.54, 1.807) is 41.5 Å². The van der Waals surface area contributed by atoms with Gasteiger partial charge in [-0.1, -0.05) is 33.8 Å². The van der Waals surface area contributed by atoms with Crippen molar-refractivity contribution in [2.24, 2.45) is 5.92 Å². The molecule has 0 heterocycles. The molecule has 0 aliphatic rings. The van der Waals surface area contributed by atoms with E-state index in [-0.39, 0.29) is 22.4 Å². The van der Waals surface area contributed by atoms with Gasteiger partial charge in [-0.3, -0.25) is 9.59 Å². The number of carbonyl (C=O) groups is 3. The van der Waals surface area contributed by atoms with Crippen LogP contribution in [0.3, 0.4) is 0 Å². The quantitative estimate of drug-likeness (QED) is 0.478. The summed E-state index contributed by atoms with van der Waals surface area (Å²) in [6.45, 7) is 12.6. The Morgan fingerprint density at radius 1 is 1.00 bits per heavy atom. The van der Waals surface area contributed by atoms with E-state index in [2.05, 4.69) is 10.6 Å². The molecule has 1 rings (SSSR count). The van der Waals surface area contributed by atoms with Crippen molar-refractivity contribution in [1.29, 1.82) is 0 Å². The minimum Gasteiger partial charge on any atom is -0.451 e. The van der Waals surface area contributed by atoms with E-state index in [0.29, 0.717) is 13.1 Å². The molecule has 2 N–H and O–H groups in total. The molecule has 0 saturated carbocycles. The summed E-state index contributed by atoms with van der Waals surface area (Å²) in [7, 11) is -3.74. The highest BCUT2D eigenvalue weighted by Gasteiger charge is 2.30. The summed E-state index contributed by atoms with van der Waals surface area (Å²) in [6, 6.07) is 4.53. The first kappa shape index (κ1) is 27.6. The molecule has 0 spiro atoms. The number of ether oxygens (including phenoxy) is 1. The number of nitrogens with zero attached hydrogens (tertiary/aromatic N) is 1. The number of nitrogens with one attached hydrogen (secondary N) is 2. The van der Waals surface area contributed by atoms with Crippen LogP contribution in [0.1, 0.15) is 58.8 Å². The summed E-state index contributed by atoms with van der Waals surface area (Å²) in [5.41, 5.74) is 0.0993. The second-order valence-corrected chi connectivity index (χ2v) is 9.99. The fourth-order valence-electron chi connectivity index (χ4n) is 2.94. The van der Waals surface area contributed by atoms with Gasteiger partial charge in [0.05, 0.1) is 4.90 Å². The summed E-state index contributed by atoms with van der Waals surface area (Å²) < 4.78 is 32.0. The van der Waals surface area contributed by atoms with E-state index in [0.717, 1.165) is 0 Å². The lowest BCUT2D eigenvalue weighted by molar-refractivity contribution is -0.157. The SMILES string of the molecule is CCN(CC)S(=O)(=O)c1cccc(C(=O)NC(C(=O)OC(C)C(=O)NC(C)C)C(C)C)c1. The Labute approximate surface area is 190 Å². The Bertz CT molecular complexity index is 910. The summed E-state index contributed by atoms with van der Waals surface area (Å²) in [5.74, 6) is -2.12. The number of rotatable bonds is 11. The van der Waals surface area contributed by atoms with Crippen LogP contribution in [-0.4, -0.2) is 61.8 Å². The Morgan fingerprint density at radius 3 is 2.09 bits per heavy atom. The highest BCUT2D eigenvalue weighted by atomic mass is 32.2. The van der Waals surface area contributed by atoms with Gasteiger partial charge in [0.1, 0.15) is 6.04 Å². The van der Waals surface area contributed by atoms with Crippen LogP contribution in [0.5, 0.6) is 0 Å². The number of hydrogen-bond acceptors (Lipinski definition) is 6. The number of esters is 1. The second kappa shape index (κ2) is 12.0. The van der Waals surface area contributed by atoms with Gasteiger partial charge in [0, 0.05) is 24.7 Å². The van der Waals surface area contributed by atoms with Gasteiger partial charge in [0.15, 0.2) is 6.10 Å². The molecule has 2 unspecified atom stereocenters. The lowest BCUT2D eigenvalue weighted by Crippen LogP contribution is -2.48. The summed E-state index contributed by atoms with van der Waals surface area (Å²) in [5, 5.41) is 5.26. The average molecular weight is 470 g/mol. The molecule has 0 bridgehead atoms. The molecule has 10 heteroatoms. The molecular weight excluding hydrogens is 434 g/mol. The summed E-state index contributed by atoms with van der Waals surface area (Å²) >= 11 is 0. The molecule has 0 radical (unpaired) electrons. The Balaban J connectivity index is 3.02. The molecule has 0 aliphatic heterocycles. The van der Waals surface area contributed by atoms with Crippen molar-refractivity contribution in [3.05, 3.63) is 29.8 Å². The van der Waals surface area contributed by atoms with Crippen molar-refractivity contribution in [3.63, 3.8) is 0 Å². The first-order valence-electron chi connectivity index (χ1n) is 10.8. The predicted octanol–water partition coefficient (Wildman–Crippen LogP) is 1.93. The van der Waals surface area contributed by atoms with Crippen molar-refractivity contribution in [2.45, 2.75) is 71.5 Å². The third-order valence-corrected chi connectivity index (χ3v) is 6.79. The van der Waals surface area contributed by atoms with E-state index >= 15 is 0 Å². The smallest absolute Gasteiger partial charge is 0.329 e. The monoisotopic (exact) mass is 469 g/mol. The third kappa shape index (κ3) is 7.30. The van der Waals surface area contributed by atoms with Gasteiger partial charge < -0.3 is 15.4 Å². The fourth-order valence-corrected chi connectivity index (χ4v) is 4.44. The number of hydrogen-bond donors (Lipinski definition) is 2. The standard InChI is InChI=1S/C22H35N3O6S/c1-8-25(9-2)32(29,30)18-12-10-11-17(13-18)21(27)24-19(14(3)4)22(28)31-16(7)20(26)23-15(5)6/h10-16,19H,8-9H2,1-7H3,(H,23,26)(H,24,27). The zero-order valence-electron chi connectivity index (χ0n) is 19.8. The molecule has 32 heavy (non-hydrogen) atoms. The zero-order valence-corrected chi connectivity index (χ0v) is 20.7. The van der Waals surface area contributed by atoms with Crippen LogP contribution in [-0.2, 0) is 24.3 Å². The van der Waals surface area contributed by atoms with Crippen LogP contribution in [0.2, 0.25) is 0 Å². The first-order chi connectivity index (χ1) is 14.8. The predicted molar refractivity (Wildman–Crippen MR) is 121 cm³/mol. The highest BCUT2D eigenvalue weighted by molar-refractivity contribution is 7.89. The van der Waals surface area contributed by atoms with Gasteiger partial charge >= 0.3 is 5.97 Å². The van der Waals surface area contributed by atoms with E-state index in [4.69, 9.17) is 4.74 Å². The molecule has 2 atom stereocenters. The minimum absolute atomic E-state index is 0.00324. The molecule has 1 aromatic carbocycles. The molecular formula is C22H35N3O6S. The van der Waals surface area contributed by atoms with E-state index in [1.165, 1.54) is 35.5 Å². The van der Waals surface area contributed by atoms with Crippen LogP contribution in [0.4, 0.5) is 0 Å². The van der Waals surface area contributed by atoms with Gasteiger partial charge in [-0.2, -0.15) is 4.31 Å². The molecule has 0 fully saturated rings. The molecule has 180 valence electrons. The molecule has 9 nitrogen and oxygen atoms in total. The number of sulfonamides is 1. The Hall–Kier alpha value is -2.46. The maximum absolute atomic E-state index is 12.8. The number of amides is 2. The van der Waals surface area contributed by atoms with Gasteiger partial charge in [-0.05, 0) is 44.9 Å². The minimum atomic E-state index is -3.74. The van der Waals surface area contributed by atoms with Crippen LogP contribution in [0, 0.1) is 5.92 Å². The van der Waals surface area contributed by atoms with Crippen LogP contribution >= 0.6 is 0 Å². The van der Waals surface area contributed by atoms with Crippen molar-refractivity contribution in [2.75, 3.05) is 13.1 Å². The lowest BCUT2D eigenvalue weighted by Gasteiger charge is -2.23. The van der Waals surface area contributed by atoms with Crippen LogP contribution < -0.4 is 10.6 Å². The van der Waals surface area contributed by atoms with Crippen LogP contribution in [0.15, 0.2) is 29.2 Å². The maximum Gasteiger partial charge on any atom is 0.329 e. The largest absolute Gasteiger partial charge is 0.451 e. The zero-order chi connectivity index (χ0) is 24.6. The molecule has 0 aliphatic carbocycles. The van der Waals surface area contributed by atoms with Gasteiger partial charge in [0.25, 0.3) is 11.8 Å². The van der Waals surface area contributed by atoms with Crippen molar-refractivity contribution >= 4 is 27.8 Å². The summed E-state index contributed by atoms with van der Waals surface area (Å²) in [6.07, 6.45) is -1.02. The van der Waals surface area contributed by atoms with Gasteiger partial charge in [-0.15, -0.1) is 0 Å². The fraction of sp³-hybridized carbons (Fsp3) is 0.591. The first-order valence-corrected chi connectivity index (χ1v) is 12.2. The Kier molecular flexibility index (Phi) is 10.3. The number of benzene rings is 1. The number of carbonyl (C=O) groups excluding carboxylic acids is 3. The van der Waals surface area contributed by atoms with E-state index in [9.17, 15) is 22.8 Å². The normalized spacial score (nSPS) is 13.7. The maximum atomic E-state index is 12.8. The summed E-state index contributed by atoms with van der Waals surface area (Å²) in [4.78, 5) is 37.5.